The molecular weight excluding hydrogens is 491 g/mol. The molecule has 3 heterocycles. The lowest BCUT2D eigenvalue weighted by Crippen LogP contribution is -2.43. The SMILES string of the molecule is Cn1c2c(c(=O)n(CCCO)c1=O)N(Cc1ccc(Cl)cn1)C(Oc1ccc(C(F)(F)F)cc1)N2. The van der Waals surface area contributed by atoms with E-state index in [1.165, 1.54) is 34.8 Å². The van der Waals surface area contributed by atoms with Crippen molar-refractivity contribution in [2.45, 2.75) is 32.0 Å². The van der Waals surface area contributed by atoms with Gasteiger partial charge < -0.3 is 20.1 Å². The molecule has 1 aliphatic rings. The predicted octanol–water partition coefficient (Wildman–Crippen LogP) is 2.79. The average molecular weight is 512 g/mol. The Labute approximate surface area is 202 Å². The molecule has 0 amide bonds. The molecule has 2 aromatic heterocycles. The Balaban J connectivity index is 1.74. The van der Waals surface area contributed by atoms with Crippen molar-refractivity contribution in [3.8, 4) is 5.75 Å². The van der Waals surface area contributed by atoms with E-state index in [0.29, 0.717) is 10.7 Å². The van der Waals surface area contributed by atoms with Gasteiger partial charge in [-0.1, -0.05) is 11.6 Å². The summed E-state index contributed by atoms with van der Waals surface area (Å²) in [4.78, 5) is 31.8. The lowest BCUT2D eigenvalue weighted by atomic mass is 10.2. The third-order valence-electron chi connectivity index (χ3n) is 5.45. The van der Waals surface area contributed by atoms with Gasteiger partial charge in [0.15, 0.2) is 0 Å². The van der Waals surface area contributed by atoms with Crippen molar-refractivity contribution < 1.29 is 23.0 Å². The molecule has 186 valence electrons. The standard InChI is InChI=1S/C22H21ClF3N5O4/c1-29-18-17(19(33)30(21(29)34)9-2-10-32)31(12-15-6-5-14(23)11-27-15)20(28-18)35-16-7-3-13(4-8-16)22(24,25)26/h3-8,11,20,28,32H,2,9-10,12H2,1H3. The second-order valence-electron chi connectivity index (χ2n) is 7.81. The van der Waals surface area contributed by atoms with Gasteiger partial charge in [-0.3, -0.25) is 18.9 Å². The Morgan fingerprint density at radius 3 is 2.49 bits per heavy atom. The molecule has 9 nitrogen and oxygen atoms in total. The molecule has 0 fully saturated rings. The van der Waals surface area contributed by atoms with Gasteiger partial charge in [-0.05, 0) is 42.8 Å². The first-order valence-corrected chi connectivity index (χ1v) is 10.9. The number of aliphatic hydroxyl groups excluding tert-OH is 1. The van der Waals surface area contributed by atoms with Gasteiger partial charge in [0.1, 0.15) is 17.3 Å². The van der Waals surface area contributed by atoms with Gasteiger partial charge in [-0.25, -0.2) is 4.79 Å². The van der Waals surface area contributed by atoms with E-state index < -0.39 is 29.3 Å². The number of aromatic nitrogens is 3. The molecule has 2 N–H and O–H groups in total. The van der Waals surface area contributed by atoms with Crippen LogP contribution >= 0.6 is 11.6 Å². The Kier molecular flexibility index (Phi) is 6.77. The Hall–Kier alpha value is -3.51. The maximum atomic E-state index is 13.3. The van der Waals surface area contributed by atoms with Gasteiger partial charge in [0.25, 0.3) is 11.9 Å². The van der Waals surface area contributed by atoms with E-state index in [-0.39, 0.29) is 43.4 Å². The van der Waals surface area contributed by atoms with Crippen LogP contribution in [0.15, 0.2) is 52.2 Å². The number of nitrogens with one attached hydrogen (secondary N) is 1. The van der Waals surface area contributed by atoms with Crippen LogP contribution in [0.1, 0.15) is 17.7 Å². The summed E-state index contributed by atoms with van der Waals surface area (Å²) in [6.07, 6.45) is -3.89. The molecule has 0 aliphatic carbocycles. The van der Waals surface area contributed by atoms with Crippen LogP contribution in [0, 0.1) is 0 Å². The van der Waals surface area contributed by atoms with Crippen LogP contribution in [0.3, 0.4) is 0 Å². The summed E-state index contributed by atoms with van der Waals surface area (Å²) in [7, 11) is 1.47. The first-order valence-electron chi connectivity index (χ1n) is 10.5. The van der Waals surface area contributed by atoms with E-state index in [1.807, 2.05) is 0 Å². The minimum atomic E-state index is -4.50. The van der Waals surface area contributed by atoms with Crippen LogP contribution in [-0.4, -0.2) is 32.2 Å². The number of halogens is 4. The van der Waals surface area contributed by atoms with Gasteiger partial charge >= 0.3 is 11.9 Å². The number of anilines is 2. The molecule has 0 spiro atoms. The summed E-state index contributed by atoms with van der Waals surface area (Å²) in [5.41, 5.74) is -1.37. The fraction of sp³-hybridized carbons (Fsp3) is 0.318. The number of aliphatic hydroxyl groups is 1. The molecule has 0 saturated heterocycles. The first kappa shape index (κ1) is 24.6. The van der Waals surface area contributed by atoms with Crippen molar-refractivity contribution in [2.24, 2.45) is 7.05 Å². The quantitative estimate of drug-likeness (QED) is 0.503. The Morgan fingerprint density at radius 1 is 1.17 bits per heavy atom. The molecule has 1 aliphatic heterocycles. The molecule has 0 radical (unpaired) electrons. The lowest BCUT2D eigenvalue weighted by Gasteiger charge is -2.26. The number of rotatable bonds is 7. The number of fused-ring (bicyclic) bond motifs is 1. The zero-order chi connectivity index (χ0) is 25.3. The summed E-state index contributed by atoms with van der Waals surface area (Å²) < 4.78 is 46.9. The van der Waals surface area contributed by atoms with Crippen molar-refractivity contribution in [1.29, 1.82) is 0 Å². The fourth-order valence-corrected chi connectivity index (χ4v) is 3.81. The van der Waals surface area contributed by atoms with Gasteiger partial charge in [0, 0.05) is 26.4 Å². The molecule has 0 saturated carbocycles. The zero-order valence-electron chi connectivity index (χ0n) is 18.4. The molecule has 35 heavy (non-hydrogen) atoms. The summed E-state index contributed by atoms with van der Waals surface area (Å²) in [6, 6.07) is 7.40. The van der Waals surface area contributed by atoms with Crippen molar-refractivity contribution >= 4 is 23.1 Å². The zero-order valence-corrected chi connectivity index (χ0v) is 19.2. The summed E-state index contributed by atoms with van der Waals surface area (Å²) in [5, 5.41) is 12.5. The molecule has 0 bridgehead atoms. The summed E-state index contributed by atoms with van der Waals surface area (Å²) in [5.74, 6) is 0.300. The third-order valence-corrected chi connectivity index (χ3v) is 5.67. The second-order valence-corrected chi connectivity index (χ2v) is 8.24. The number of nitrogens with zero attached hydrogens (tertiary/aromatic N) is 4. The smallest absolute Gasteiger partial charge is 0.416 e. The van der Waals surface area contributed by atoms with Crippen LogP contribution in [0.5, 0.6) is 5.75 Å². The highest BCUT2D eigenvalue weighted by Crippen LogP contribution is 2.34. The Morgan fingerprint density at radius 2 is 1.89 bits per heavy atom. The van der Waals surface area contributed by atoms with E-state index in [9.17, 15) is 22.8 Å². The van der Waals surface area contributed by atoms with E-state index in [4.69, 9.17) is 21.4 Å². The van der Waals surface area contributed by atoms with Crippen LogP contribution in [-0.2, 0) is 26.3 Å². The highest BCUT2D eigenvalue weighted by Gasteiger charge is 2.37. The summed E-state index contributed by atoms with van der Waals surface area (Å²) in [6.45, 7) is -0.133. The van der Waals surface area contributed by atoms with Crippen molar-refractivity contribution in [2.75, 3.05) is 16.8 Å². The second kappa shape index (κ2) is 9.62. The van der Waals surface area contributed by atoms with Crippen LogP contribution in [0.4, 0.5) is 24.7 Å². The van der Waals surface area contributed by atoms with Crippen LogP contribution < -0.4 is 26.2 Å². The molecular formula is C22H21ClF3N5O4. The maximum Gasteiger partial charge on any atom is 0.416 e. The normalized spacial score (nSPS) is 15.1. The average Bonchev–Trinajstić information content (AvgIpc) is 3.17. The van der Waals surface area contributed by atoms with E-state index in [1.54, 1.807) is 12.1 Å². The van der Waals surface area contributed by atoms with Gasteiger partial charge in [0.2, 0.25) is 0 Å². The molecule has 1 unspecified atom stereocenters. The number of hydrogen-bond donors (Lipinski definition) is 2. The maximum absolute atomic E-state index is 13.3. The van der Waals surface area contributed by atoms with Crippen molar-refractivity contribution in [3.05, 3.63) is 79.7 Å². The van der Waals surface area contributed by atoms with Crippen molar-refractivity contribution in [1.82, 2.24) is 14.1 Å². The predicted molar refractivity (Wildman–Crippen MR) is 123 cm³/mol. The number of ether oxygens (including phenoxy) is 1. The van der Waals surface area contributed by atoms with Gasteiger partial charge in [-0.2, -0.15) is 13.2 Å². The highest BCUT2D eigenvalue weighted by molar-refractivity contribution is 6.30. The molecule has 3 aromatic rings. The fourth-order valence-electron chi connectivity index (χ4n) is 3.69. The third kappa shape index (κ3) is 4.98. The first-order chi connectivity index (χ1) is 16.6. The largest absolute Gasteiger partial charge is 0.452 e. The van der Waals surface area contributed by atoms with E-state index in [2.05, 4.69) is 10.3 Å². The molecule has 4 rings (SSSR count). The van der Waals surface area contributed by atoms with E-state index >= 15 is 0 Å². The van der Waals surface area contributed by atoms with Gasteiger partial charge in [-0.15, -0.1) is 0 Å². The van der Waals surface area contributed by atoms with E-state index in [0.717, 1.165) is 16.7 Å². The molecule has 1 aromatic carbocycles. The Bertz CT molecular complexity index is 1320. The number of alkyl halides is 3. The highest BCUT2D eigenvalue weighted by atomic mass is 35.5. The minimum Gasteiger partial charge on any atom is -0.452 e. The number of pyridine rings is 1. The molecule has 1 atom stereocenters. The van der Waals surface area contributed by atoms with Crippen LogP contribution in [0.2, 0.25) is 5.02 Å². The molecule has 13 heteroatoms. The number of hydrogen-bond acceptors (Lipinski definition) is 7. The van der Waals surface area contributed by atoms with Crippen LogP contribution in [0.25, 0.3) is 0 Å². The monoisotopic (exact) mass is 511 g/mol. The van der Waals surface area contributed by atoms with Gasteiger partial charge in [0.05, 0.1) is 22.8 Å². The van der Waals surface area contributed by atoms with Crippen molar-refractivity contribution in [3.63, 3.8) is 0 Å². The minimum absolute atomic E-state index is 0.00670. The number of benzene rings is 1. The lowest BCUT2D eigenvalue weighted by molar-refractivity contribution is -0.137. The topological polar surface area (TPSA) is 102 Å². The summed E-state index contributed by atoms with van der Waals surface area (Å²) >= 11 is 5.92.